The molecule has 0 bridgehead atoms. The first-order valence-electron chi connectivity index (χ1n) is 17.2. The number of carbonyl (C=O) groups excluding carboxylic acids is 3. The third-order valence-electron chi connectivity index (χ3n) is 8.75. The third kappa shape index (κ3) is 15.5. The molecule has 0 spiro atoms. The summed E-state index contributed by atoms with van der Waals surface area (Å²) < 4.78 is 16.3. The van der Waals surface area contributed by atoms with E-state index < -0.39 is 18.2 Å². The number of imidazole rings is 2. The van der Waals surface area contributed by atoms with Crippen LogP contribution in [0.1, 0.15) is 95.9 Å². The van der Waals surface area contributed by atoms with Crippen LogP contribution < -0.4 is 5.32 Å². The standard InChI is InChI=1S/C34H52N8O8.CH4.4H2S/c1-22(2)28(37-21-50-47-6)32(43)41-13-9-11-26(41)30-35-17-24(38-30)19-48-15-7-8-16-49-20-25-18-36-31(39-25)27-12-10-14-42(27)33(44)29(23(3)4)40-34(45)46-5;;;;;/h7-8,17-18,21-23,26-29H,9-16,19-20H2,1-6H3,(H,35,38)(H,36,39)(H,40,45);1H4;4*1H2/b8-7+,37-21?;;;;;/t26-,27-,28-,29-;;;;;/m0...../s1. The Morgan fingerprint density at radius 1 is 0.836 bits per heavy atom. The van der Waals surface area contributed by atoms with Crippen LogP contribution in [0.5, 0.6) is 0 Å². The molecule has 2 fully saturated rings. The Hall–Kier alpha value is -2.88. The third-order valence-corrected chi connectivity index (χ3v) is 8.75. The number of hydrogen-bond donors (Lipinski definition) is 3. The fourth-order valence-electron chi connectivity index (χ4n) is 6.18. The molecular formula is C35H64N8O8S4. The number of H-pyrrole nitrogens is 2. The minimum Gasteiger partial charge on any atom is -0.453 e. The Kier molecular flexibility index (Phi) is 27.3. The van der Waals surface area contributed by atoms with Crippen molar-refractivity contribution >= 4 is 78.3 Å². The van der Waals surface area contributed by atoms with Gasteiger partial charge in [0.05, 0.1) is 76.5 Å². The number of aromatic amines is 2. The van der Waals surface area contributed by atoms with Gasteiger partial charge in [-0.1, -0.05) is 47.3 Å². The van der Waals surface area contributed by atoms with E-state index in [0.717, 1.165) is 42.9 Å². The van der Waals surface area contributed by atoms with E-state index >= 15 is 0 Å². The maximum absolute atomic E-state index is 13.3. The zero-order chi connectivity index (χ0) is 36.0. The Morgan fingerprint density at radius 2 is 1.33 bits per heavy atom. The predicted molar refractivity (Wildman–Crippen MR) is 231 cm³/mol. The maximum Gasteiger partial charge on any atom is 0.407 e. The number of aliphatic imine (C=N–C) groups is 1. The van der Waals surface area contributed by atoms with Gasteiger partial charge in [0, 0.05) is 13.1 Å². The van der Waals surface area contributed by atoms with Crippen molar-refractivity contribution in [2.45, 2.75) is 98.2 Å². The zero-order valence-electron chi connectivity index (χ0n) is 31.9. The Balaban J connectivity index is 0. The highest BCUT2D eigenvalue weighted by atomic mass is 32.1. The zero-order valence-corrected chi connectivity index (χ0v) is 35.9. The second-order valence-corrected chi connectivity index (χ2v) is 13.0. The first-order valence-corrected chi connectivity index (χ1v) is 17.2. The number of amides is 3. The summed E-state index contributed by atoms with van der Waals surface area (Å²) in [5, 5.41) is 2.67. The molecule has 2 aliphatic heterocycles. The molecule has 2 aromatic heterocycles. The molecule has 20 heteroatoms. The lowest BCUT2D eigenvalue weighted by atomic mass is 10.0. The maximum atomic E-state index is 13.3. The molecule has 4 heterocycles. The fourth-order valence-corrected chi connectivity index (χ4v) is 6.18. The molecular weight excluding hydrogens is 789 g/mol. The second kappa shape index (κ2) is 27.7. The summed E-state index contributed by atoms with van der Waals surface area (Å²) in [6, 6.07) is -1.59. The Bertz CT molecular complexity index is 1460. The number of nitrogens with zero attached hydrogens (tertiary/aromatic N) is 5. The lowest BCUT2D eigenvalue weighted by Crippen LogP contribution is -2.51. The molecule has 2 saturated heterocycles. The molecule has 0 unspecified atom stereocenters. The monoisotopic (exact) mass is 852 g/mol. The predicted octanol–water partition coefficient (Wildman–Crippen LogP) is 4.85. The number of aromatic nitrogens is 4. The van der Waals surface area contributed by atoms with Crippen molar-refractivity contribution in [1.82, 2.24) is 35.1 Å². The highest BCUT2D eigenvalue weighted by Gasteiger charge is 2.38. The van der Waals surface area contributed by atoms with Crippen LogP contribution in [-0.4, -0.2) is 107 Å². The van der Waals surface area contributed by atoms with Gasteiger partial charge >= 0.3 is 6.09 Å². The molecule has 0 radical (unpaired) electrons. The van der Waals surface area contributed by atoms with Gasteiger partial charge in [-0.3, -0.25) is 9.59 Å². The van der Waals surface area contributed by atoms with Crippen LogP contribution in [0.4, 0.5) is 4.79 Å². The molecule has 4 rings (SSSR count). The van der Waals surface area contributed by atoms with Gasteiger partial charge in [0.2, 0.25) is 18.2 Å². The largest absolute Gasteiger partial charge is 0.453 e. The summed E-state index contributed by atoms with van der Waals surface area (Å²) >= 11 is 0. The summed E-state index contributed by atoms with van der Waals surface area (Å²) in [5.41, 5.74) is 1.63. The molecule has 3 amide bonds. The Morgan fingerprint density at radius 3 is 1.76 bits per heavy atom. The van der Waals surface area contributed by atoms with E-state index in [4.69, 9.17) is 19.1 Å². The van der Waals surface area contributed by atoms with Crippen molar-refractivity contribution in [3.8, 4) is 0 Å². The number of alkyl carbamates (subject to hydrolysis) is 1. The number of likely N-dealkylation sites (tertiary alicyclic amines) is 2. The van der Waals surface area contributed by atoms with Crippen LogP contribution >= 0.6 is 54.0 Å². The molecule has 0 saturated carbocycles. The number of hydrogen-bond acceptors (Lipinski definition) is 11. The van der Waals surface area contributed by atoms with Gasteiger partial charge in [-0.25, -0.2) is 19.8 Å². The van der Waals surface area contributed by atoms with E-state index in [1.54, 1.807) is 17.3 Å². The summed E-state index contributed by atoms with van der Waals surface area (Å²) in [5.74, 6) is 1.13. The van der Waals surface area contributed by atoms with Gasteiger partial charge in [0.1, 0.15) is 23.7 Å². The van der Waals surface area contributed by atoms with Crippen LogP contribution in [0.15, 0.2) is 29.5 Å². The van der Waals surface area contributed by atoms with Crippen molar-refractivity contribution < 1.29 is 38.4 Å². The van der Waals surface area contributed by atoms with Crippen LogP contribution in [0.25, 0.3) is 0 Å². The smallest absolute Gasteiger partial charge is 0.407 e. The van der Waals surface area contributed by atoms with E-state index in [2.05, 4.69) is 35.1 Å². The minimum atomic E-state index is -0.680. The van der Waals surface area contributed by atoms with Gasteiger partial charge in [-0.15, -0.1) is 0 Å². The highest BCUT2D eigenvalue weighted by molar-refractivity contribution is 7.59. The number of ether oxygens (including phenoxy) is 3. The topological polar surface area (TPSA) is 186 Å². The van der Waals surface area contributed by atoms with E-state index in [0.29, 0.717) is 45.3 Å². The first-order chi connectivity index (χ1) is 24.1. The highest BCUT2D eigenvalue weighted by Crippen LogP contribution is 2.33. The van der Waals surface area contributed by atoms with Crippen molar-refractivity contribution in [1.29, 1.82) is 0 Å². The summed E-state index contributed by atoms with van der Waals surface area (Å²) in [7, 11) is 2.66. The first kappa shape index (κ1) is 54.2. The molecule has 2 aliphatic rings. The second-order valence-electron chi connectivity index (χ2n) is 13.0. The van der Waals surface area contributed by atoms with Crippen molar-refractivity contribution in [2.24, 2.45) is 16.8 Å². The lowest BCUT2D eigenvalue weighted by Gasteiger charge is -2.30. The molecule has 4 atom stereocenters. The van der Waals surface area contributed by atoms with Crippen LogP contribution in [0, 0.1) is 11.8 Å². The minimum absolute atomic E-state index is 0. The van der Waals surface area contributed by atoms with E-state index in [9.17, 15) is 14.4 Å². The van der Waals surface area contributed by atoms with Gasteiger partial charge in [0.15, 0.2) is 0 Å². The normalized spacial score (nSPS) is 17.5. The van der Waals surface area contributed by atoms with Gasteiger partial charge in [-0.2, -0.15) is 58.9 Å². The van der Waals surface area contributed by atoms with Gasteiger partial charge in [-0.05, 0) is 37.5 Å². The molecule has 3 N–H and O–H groups in total. The van der Waals surface area contributed by atoms with E-state index in [1.165, 1.54) is 20.6 Å². The van der Waals surface area contributed by atoms with Crippen molar-refractivity contribution in [3.63, 3.8) is 0 Å². The van der Waals surface area contributed by atoms with Crippen LogP contribution in [0.3, 0.4) is 0 Å². The van der Waals surface area contributed by atoms with Crippen LogP contribution in [-0.2, 0) is 46.8 Å². The Labute approximate surface area is 353 Å². The molecule has 0 aromatic carbocycles. The summed E-state index contributed by atoms with van der Waals surface area (Å²) in [6.07, 6.45) is 11.1. The quantitative estimate of drug-likeness (QED) is 0.0468. The molecule has 16 nitrogen and oxygen atoms in total. The SMILES string of the molecule is C.COOC=N[C@H](C(=O)N1CCC[C@H]1c1ncc(COC/C=C/COCc2cnc([C@@H]3CCCN3C(=O)[C@@H](NC(=O)OC)C(C)C)[nH]2)[nH]1)C(C)C.S.S.S.S. The van der Waals surface area contributed by atoms with Crippen molar-refractivity contribution in [3.05, 3.63) is 47.6 Å². The lowest BCUT2D eigenvalue weighted by molar-refractivity contribution is -0.188. The average molecular weight is 853 g/mol. The van der Waals surface area contributed by atoms with E-state index in [1.807, 2.05) is 44.7 Å². The number of methoxy groups -OCH3 is 1. The van der Waals surface area contributed by atoms with Gasteiger partial charge < -0.3 is 44.2 Å². The van der Waals surface area contributed by atoms with Crippen LogP contribution in [0.2, 0.25) is 0 Å². The molecule has 0 aliphatic carbocycles. The molecule has 2 aromatic rings. The van der Waals surface area contributed by atoms with E-state index in [-0.39, 0.29) is 97.1 Å². The van der Waals surface area contributed by atoms with Gasteiger partial charge in [0.25, 0.3) is 0 Å². The molecule has 55 heavy (non-hydrogen) atoms. The summed E-state index contributed by atoms with van der Waals surface area (Å²) in [6.45, 7) is 10.4. The number of rotatable bonds is 18. The number of nitrogens with one attached hydrogen (secondary N) is 3. The fraction of sp³-hybridized carbons (Fsp3) is 0.657. The molecule has 316 valence electrons. The van der Waals surface area contributed by atoms with Crippen molar-refractivity contribution in [2.75, 3.05) is 40.5 Å². The average Bonchev–Trinajstić information content (AvgIpc) is 3.92. The number of carbonyl (C=O) groups is 3. The summed E-state index contributed by atoms with van der Waals surface area (Å²) in [4.78, 5) is 71.4.